The van der Waals surface area contributed by atoms with Crippen molar-refractivity contribution in [3.63, 3.8) is 0 Å². The zero-order chi connectivity index (χ0) is 11.5. The minimum absolute atomic E-state index is 0.0768. The molecular weight excluding hydrogens is 268 g/mol. The Kier molecular flexibility index (Phi) is 3.19. The average Bonchev–Trinajstić information content (AvgIpc) is 2.66. The first-order valence-electron chi connectivity index (χ1n) is 4.92. The van der Waals surface area contributed by atoms with Gasteiger partial charge in [-0.2, -0.15) is 0 Å². The fourth-order valence-electron chi connectivity index (χ4n) is 1.61. The van der Waals surface area contributed by atoms with Crippen LogP contribution < -0.4 is 0 Å². The molecule has 2 aromatic rings. The zero-order valence-corrected chi connectivity index (χ0v) is 10.4. The van der Waals surface area contributed by atoms with Crippen LogP contribution in [0.15, 0.2) is 41.3 Å². The van der Waals surface area contributed by atoms with E-state index < -0.39 is 0 Å². The van der Waals surface area contributed by atoms with Gasteiger partial charge in [-0.15, -0.1) is 0 Å². The van der Waals surface area contributed by atoms with Gasteiger partial charge >= 0.3 is 0 Å². The number of pyridine rings is 1. The number of hydrogen-bond donors (Lipinski definition) is 0. The molecule has 0 N–H and O–H groups in total. The molecule has 0 bridgehead atoms. The van der Waals surface area contributed by atoms with Crippen LogP contribution >= 0.6 is 15.9 Å². The Labute approximate surface area is 102 Å². The molecule has 0 spiro atoms. The highest BCUT2D eigenvalue weighted by atomic mass is 79.9. The van der Waals surface area contributed by atoms with Crippen molar-refractivity contribution in [3.8, 4) is 0 Å². The van der Waals surface area contributed by atoms with E-state index in [0.717, 1.165) is 15.7 Å². The Morgan fingerprint density at radius 1 is 1.50 bits per heavy atom. The third-order valence-corrected chi connectivity index (χ3v) is 2.74. The van der Waals surface area contributed by atoms with Gasteiger partial charge < -0.3 is 4.57 Å². The van der Waals surface area contributed by atoms with Gasteiger partial charge in [0.15, 0.2) is 5.78 Å². The molecule has 0 saturated heterocycles. The van der Waals surface area contributed by atoms with Crippen LogP contribution in [0, 0.1) is 0 Å². The minimum atomic E-state index is 0.0768. The van der Waals surface area contributed by atoms with Crippen molar-refractivity contribution in [2.45, 2.75) is 13.5 Å². The van der Waals surface area contributed by atoms with Crippen molar-refractivity contribution in [2.24, 2.45) is 0 Å². The van der Waals surface area contributed by atoms with Crippen LogP contribution in [0.25, 0.3) is 0 Å². The lowest BCUT2D eigenvalue weighted by molar-refractivity contribution is 0.100. The molecule has 2 heterocycles. The standard InChI is InChI=1S/C12H11BrN2O/c1-9(16)12-3-2-4-15(12)8-10-5-11(13)7-14-6-10/h2-7H,8H2,1H3. The Balaban J connectivity index is 2.27. The van der Waals surface area contributed by atoms with Crippen LogP contribution in [0.4, 0.5) is 0 Å². The van der Waals surface area contributed by atoms with Crippen molar-refractivity contribution in [1.82, 2.24) is 9.55 Å². The highest BCUT2D eigenvalue weighted by Crippen LogP contribution is 2.12. The van der Waals surface area contributed by atoms with Gasteiger partial charge in [-0.25, -0.2) is 0 Å². The molecule has 0 unspecified atom stereocenters. The van der Waals surface area contributed by atoms with Crippen LogP contribution in [0.1, 0.15) is 23.0 Å². The van der Waals surface area contributed by atoms with Gasteiger partial charge in [-0.05, 0) is 39.7 Å². The lowest BCUT2D eigenvalue weighted by atomic mass is 10.2. The van der Waals surface area contributed by atoms with Gasteiger partial charge in [0.1, 0.15) is 0 Å². The fourth-order valence-corrected chi connectivity index (χ4v) is 2.02. The SMILES string of the molecule is CC(=O)c1cccn1Cc1cncc(Br)c1. The third kappa shape index (κ3) is 2.39. The lowest BCUT2D eigenvalue weighted by Crippen LogP contribution is -2.06. The molecule has 3 nitrogen and oxygen atoms in total. The molecule has 82 valence electrons. The van der Waals surface area contributed by atoms with Crippen LogP contribution in [0.2, 0.25) is 0 Å². The summed E-state index contributed by atoms with van der Waals surface area (Å²) in [5.74, 6) is 0.0768. The van der Waals surface area contributed by atoms with E-state index in [1.807, 2.05) is 29.0 Å². The summed E-state index contributed by atoms with van der Waals surface area (Å²) in [6.07, 6.45) is 5.44. The van der Waals surface area contributed by atoms with Crippen molar-refractivity contribution >= 4 is 21.7 Å². The maximum atomic E-state index is 11.3. The van der Waals surface area contributed by atoms with E-state index in [9.17, 15) is 4.79 Å². The molecule has 0 radical (unpaired) electrons. The summed E-state index contributed by atoms with van der Waals surface area (Å²) in [6, 6.07) is 5.70. The normalized spacial score (nSPS) is 10.4. The monoisotopic (exact) mass is 278 g/mol. The number of aromatic nitrogens is 2. The second-order valence-corrected chi connectivity index (χ2v) is 4.50. The number of nitrogens with zero attached hydrogens (tertiary/aromatic N) is 2. The van der Waals surface area contributed by atoms with Gasteiger partial charge in [0.2, 0.25) is 0 Å². The largest absolute Gasteiger partial charge is 0.341 e. The summed E-state index contributed by atoms with van der Waals surface area (Å²) in [5, 5.41) is 0. The third-order valence-electron chi connectivity index (χ3n) is 2.30. The highest BCUT2D eigenvalue weighted by molar-refractivity contribution is 9.10. The number of ketones is 1. The van der Waals surface area contributed by atoms with E-state index in [1.165, 1.54) is 0 Å². The van der Waals surface area contributed by atoms with Crippen molar-refractivity contribution in [2.75, 3.05) is 0 Å². The van der Waals surface area contributed by atoms with Crippen molar-refractivity contribution in [3.05, 3.63) is 52.5 Å². The first-order chi connectivity index (χ1) is 7.66. The van der Waals surface area contributed by atoms with Crippen molar-refractivity contribution < 1.29 is 4.79 Å². The van der Waals surface area contributed by atoms with Crippen molar-refractivity contribution in [1.29, 1.82) is 0 Å². The number of Topliss-reactive ketones (excluding diaryl/α,β-unsaturated/α-hetero) is 1. The van der Waals surface area contributed by atoms with E-state index in [0.29, 0.717) is 6.54 Å². The second-order valence-electron chi connectivity index (χ2n) is 3.59. The van der Waals surface area contributed by atoms with E-state index >= 15 is 0 Å². The molecule has 0 aromatic carbocycles. The zero-order valence-electron chi connectivity index (χ0n) is 8.85. The van der Waals surface area contributed by atoms with Crippen LogP contribution in [0.3, 0.4) is 0 Å². The molecule has 0 aliphatic heterocycles. The molecule has 0 atom stereocenters. The Morgan fingerprint density at radius 3 is 3.00 bits per heavy atom. The Bertz CT molecular complexity index is 519. The predicted molar refractivity (Wildman–Crippen MR) is 65.5 cm³/mol. The van der Waals surface area contributed by atoms with E-state index in [2.05, 4.69) is 20.9 Å². The summed E-state index contributed by atoms with van der Waals surface area (Å²) in [7, 11) is 0. The summed E-state index contributed by atoms with van der Waals surface area (Å²) in [5.41, 5.74) is 1.79. The molecule has 16 heavy (non-hydrogen) atoms. The predicted octanol–water partition coefficient (Wildman–Crippen LogP) is 2.90. The summed E-state index contributed by atoms with van der Waals surface area (Å²) >= 11 is 3.37. The first-order valence-corrected chi connectivity index (χ1v) is 5.71. The highest BCUT2D eigenvalue weighted by Gasteiger charge is 2.06. The molecule has 0 aliphatic carbocycles. The molecule has 0 amide bonds. The van der Waals surface area contributed by atoms with Gasteiger partial charge in [0, 0.05) is 36.5 Å². The minimum Gasteiger partial charge on any atom is -0.341 e. The number of carbonyl (C=O) groups is 1. The number of rotatable bonds is 3. The summed E-state index contributed by atoms with van der Waals surface area (Å²) < 4.78 is 2.87. The molecular formula is C12H11BrN2O. The Morgan fingerprint density at radius 2 is 2.31 bits per heavy atom. The number of carbonyl (C=O) groups excluding carboxylic acids is 1. The average molecular weight is 279 g/mol. The molecule has 0 saturated carbocycles. The molecule has 2 rings (SSSR count). The van der Waals surface area contributed by atoms with Crippen LogP contribution in [-0.2, 0) is 6.54 Å². The van der Waals surface area contributed by atoms with Gasteiger partial charge in [-0.3, -0.25) is 9.78 Å². The van der Waals surface area contributed by atoms with Gasteiger partial charge in [0.05, 0.1) is 5.69 Å². The fraction of sp³-hybridized carbons (Fsp3) is 0.167. The smallest absolute Gasteiger partial charge is 0.176 e. The quantitative estimate of drug-likeness (QED) is 0.810. The van der Waals surface area contributed by atoms with E-state index in [1.54, 1.807) is 19.3 Å². The maximum absolute atomic E-state index is 11.3. The van der Waals surface area contributed by atoms with Gasteiger partial charge in [0.25, 0.3) is 0 Å². The van der Waals surface area contributed by atoms with Gasteiger partial charge in [-0.1, -0.05) is 0 Å². The topological polar surface area (TPSA) is 34.9 Å². The van der Waals surface area contributed by atoms with E-state index in [4.69, 9.17) is 0 Å². The van der Waals surface area contributed by atoms with Crippen LogP contribution in [0.5, 0.6) is 0 Å². The molecule has 4 heteroatoms. The molecule has 2 aromatic heterocycles. The molecule has 0 fully saturated rings. The summed E-state index contributed by atoms with van der Waals surface area (Å²) in [6.45, 7) is 2.24. The van der Waals surface area contributed by atoms with Crippen LogP contribution in [-0.4, -0.2) is 15.3 Å². The van der Waals surface area contributed by atoms with E-state index in [-0.39, 0.29) is 5.78 Å². The number of halogens is 1. The second kappa shape index (κ2) is 4.61. The number of hydrogen-bond acceptors (Lipinski definition) is 2. The maximum Gasteiger partial charge on any atom is 0.176 e. The Hall–Kier alpha value is -1.42. The first kappa shape index (κ1) is 11.1. The molecule has 0 aliphatic rings. The lowest BCUT2D eigenvalue weighted by Gasteiger charge is -2.06. The summed E-state index contributed by atoms with van der Waals surface area (Å²) in [4.78, 5) is 15.4.